The topological polar surface area (TPSA) is 46.6 Å². The quantitative estimate of drug-likeness (QED) is 0.773. The Morgan fingerprint density at radius 1 is 1.30 bits per heavy atom. The Balaban J connectivity index is 2.82. The van der Waals surface area contributed by atoms with Crippen LogP contribution in [0.5, 0.6) is 0 Å². The van der Waals surface area contributed by atoms with Crippen LogP contribution in [0.2, 0.25) is 0 Å². The van der Waals surface area contributed by atoms with Gasteiger partial charge in [-0.15, -0.1) is 0 Å². The number of ether oxygens (including phenoxy) is 1. The lowest BCUT2D eigenvalue weighted by molar-refractivity contribution is -0.160. The van der Waals surface area contributed by atoms with E-state index in [9.17, 15) is 9.59 Å². The number of rotatable bonds is 5. The van der Waals surface area contributed by atoms with Crippen molar-refractivity contribution in [2.75, 3.05) is 13.7 Å². The van der Waals surface area contributed by atoms with E-state index in [2.05, 4.69) is 15.9 Å². The molecular formula is C15H20BrNO3. The van der Waals surface area contributed by atoms with E-state index in [-0.39, 0.29) is 12.3 Å². The first-order chi connectivity index (χ1) is 9.30. The minimum absolute atomic E-state index is 0.130. The molecule has 0 heterocycles. The van der Waals surface area contributed by atoms with Crippen LogP contribution in [0.4, 0.5) is 0 Å². The zero-order valence-electron chi connectivity index (χ0n) is 12.3. The number of likely N-dealkylation sites (N-methyl/N-ethyl adjacent to an activating group) is 1. The van der Waals surface area contributed by atoms with Crippen molar-refractivity contribution in [2.45, 2.75) is 32.7 Å². The third kappa shape index (κ3) is 3.82. The Morgan fingerprint density at radius 2 is 1.90 bits per heavy atom. The third-order valence-electron chi connectivity index (χ3n) is 3.29. The lowest BCUT2D eigenvalue weighted by atomic mass is 10.0. The molecule has 0 saturated heterocycles. The van der Waals surface area contributed by atoms with E-state index in [0.29, 0.717) is 6.61 Å². The summed E-state index contributed by atoms with van der Waals surface area (Å²) in [4.78, 5) is 25.7. The summed E-state index contributed by atoms with van der Waals surface area (Å²) in [6, 6.07) is 7.54. The first kappa shape index (κ1) is 16.7. The van der Waals surface area contributed by atoms with Gasteiger partial charge in [0.25, 0.3) is 0 Å². The van der Waals surface area contributed by atoms with Crippen LogP contribution in [-0.2, 0) is 20.7 Å². The van der Waals surface area contributed by atoms with Crippen molar-refractivity contribution in [3.05, 3.63) is 34.3 Å². The summed E-state index contributed by atoms with van der Waals surface area (Å²) in [6.07, 6.45) is 0.237. The summed E-state index contributed by atoms with van der Waals surface area (Å²) in [5.41, 5.74) is -0.0852. The van der Waals surface area contributed by atoms with E-state index in [1.165, 1.54) is 4.90 Å². The van der Waals surface area contributed by atoms with Gasteiger partial charge in [0.2, 0.25) is 5.91 Å². The maximum atomic E-state index is 12.3. The van der Waals surface area contributed by atoms with Crippen molar-refractivity contribution < 1.29 is 14.3 Å². The molecule has 0 aliphatic rings. The molecule has 0 spiro atoms. The van der Waals surface area contributed by atoms with Crippen LogP contribution in [0.25, 0.3) is 0 Å². The highest BCUT2D eigenvalue weighted by Crippen LogP contribution is 2.20. The number of hydrogen-bond donors (Lipinski definition) is 0. The lowest BCUT2D eigenvalue weighted by Gasteiger charge is -2.33. The first-order valence-electron chi connectivity index (χ1n) is 6.48. The van der Waals surface area contributed by atoms with E-state index >= 15 is 0 Å². The SMILES string of the molecule is CCOC(=O)C(C)(C)N(C)C(=O)Cc1ccccc1Br. The lowest BCUT2D eigenvalue weighted by Crippen LogP contribution is -2.52. The van der Waals surface area contributed by atoms with Crippen molar-refractivity contribution in [1.29, 1.82) is 0 Å². The van der Waals surface area contributed by atoms with Crippen molar-refractivity contribution in [3.8, 4) is 0 Å². The van der Waals surface area contributed by atoms with E-state index in [1.807, 2.05) is 24.3 Å². The number of nitrogens with zero attached hydrogens (tertiary/aromatic N) is 1. The molecule has 1 amide bonds. The van der Waals surface area contributed by atoms with Gasteiger partial charge in [-0.2, -0.15) is 0 Å². The van der Waals surface area contributed by atoms with Crippen LogP contribution in [0.15, 0.2) is 28.7 Å². The molecule has 20 heavy (non-hydrogen) atoms. The molecule has 0 fully saturated rings. The molecule has 0 atom stereocenters. The smallest absolute Gasteiger partial charge is 0.331 e. The summed E-state index contributed by atoms with van der Waals surface area (Å²) in [5, 5.41) is 0. The molecule has 0 bridgehead atoms. The molecule has 0 aliphatic carbocycles. The van der Waals surface area contributed by atoms with Gasteiger partial charge in [-0.3, -0.25) is 4.79 Å². The van der Waals surface area contributed by atoms with Gasteiger partial charge in [-0.05, 0) is 32.4 Å². The van der Waals surface area contributed by atoms with E-state index in [4.69, 9.17) is 4.74 Å². The zero-order chi connectivity index (χ0) is 15.3. The van der Waals surface area contributed by atoms with Crippen molar-refractivity contribution in [3.63, 3.8) is 0 Å². The number of benzene rings is 1. The zero-order valence-corrected chi connectivity index (χ0v) is 13.9. The van der Waals surface area contributed by atoms with Crippen LogP contribution in [-0.4, -0.2) is 36.0 Å². The molecule has 0 N–H and O–H groups in total. The van der Waals surface area contributed by atoms with E-state index in [1.54, 1.807) is 27.8 Å². The molecule has 0 radical (unpaired) electrons. The Labute approximate surface area is 128 Å². The normalized spacial score (nSPS) is 11.1. The standard InChI is InChI=1S/C15H20BrNO3/c1-5-20-14(19)15(2,3)17(4)13(18)10-11-8-6-7-9-12(11)16/h6-9H,5,10H2,1-4H3. The fourth-order valence-electron chi connectivity index (χ4n) is 1.68. The number of halogens is 1. The van der Waals surface area contributed by atoms with Gasteiger partial charge in [0.15, 0.2) is 0 Å². The first-order valence-corrected chi connectivity index (χ1v) is 7.27. The average molecular weight is 342 g/mol. The summed E-state index contributed by atoms with van der Waals surface area (Å²) >= 11 is 3.42. The Hall–Kier alpha value is -1.36. The second-order valence-corrected chi connectivity index (χ2v) is 5.85. The van der Waals surface area contributed by atoms with Gasteiger partial charge in [0.1, 0.15) is 5.54 Å². The van der Waals surface area contributed by atoms with Crippen LogP contribution in [0.1, 0.15) is 26.3 Å². The molecule has 4 nitrogen and oxygen atoms in total. The highest BCUT2D eigenvalue weighted by atomic mass is 79.9. The van der Waals surface area contributed by atoms with Crippen molar-refractivity contribution in [1.82, 2.24) is 4.90 Å². The maximum absolute atomic E-state index is 12.3. The summed E-state index contributed by atoms with van der Waals surface area (Å²) in [7, 11) is 1.62. The summed E-state index contributed by atoms with van der Waals surface area (Å²) in [5.74, 6) is -0.530. The van der Waals surface area contributed by atoms with Gasteiger partial charge in [-0.1, -0.05) is 34.1 Å². The van der Waals surface area contributed by atoms with Crippen LogP contribution in [0.3, 0.4) is 0 Å². The Kier molecular flexibility index (Phi) is 5.74. The highest BCUT2D eigenvalue weighted by Gasteiger charge is 2.36. The second-order valence-electron chi connectivity index (χ2n) is 5.00. The molecule has 5 heteroatoms. The number of carbonyl (C=O) groups is 2. The van der Waals surface area contributed by atoms with E-state index in [0.717, 1.165) is 10.0 Å². The van der Waals surface area contributed by atoms with Gasteiger partial charge in [0.05, 0.1) is 13.0 Å². The molecular weight excluding hydrogens is 322 g/mol. The third-order valence-corrected chi connectivity index (χ3v) is 4.06. The molecule has 110 valence electrons. The average Bonchev–Trinajstić information content (AvgIpc) is 2.40. The largest absolute Gasteiger partial charge is 0.464 e. The predicted molar refractivity (Wildman–Crippen MR) is 81.3 cm³/mol. The van der Waals surface area contributed by atoms with Crippen LogP contribution in [0, 0.1) is 0 Å². The second kappa shape index (κ2) is 6.88. The molecule has 0 aliphatic heterocycles. The number of carbonyl (C=O) groups excluding carboxylic acids is 2. The maximum Gasteiger partial charge on any atom is 0.331 e. The van der Waals surface area contributed by atoms with E-state index < -0.39 is 11.5 Å². The Morgan fingerprint density at radius 3 is 2.45 bits per heavy atom. The van der Waals surface area contributed by atoms with Gasteiger partial charge in [-0.25, -0.2) is 4.79 Å². The monoisotopic (exact) mass is 341 g/mol. The Bertz CT molecular complexity index is 500. The number of amides is 1. The highest BCUT2D eigenvalue weighted by molar-refractivity contribution is 9.10. The molecule has 1 aromatic rings. The fourth-order valence-corrected chi connectivity index (χ4v) is 2.10. The summed E-state index contributed by atoms with van der Waals surface area (Å²) in [6.45, 7) is 5.41. The van der Waals surface area contributed by atoms with Crippen molar-refractivity contribution >= 4 is 27.8 Å². The molecule has 0 unspecified atom stereocenters. The minimum atomic E-state index is -0.978. The molecule has 1 rings (SSSR count). The van der Waals surface area contributed by atoms with Gasteiger partial charge in [0, 0.05) is 11.5 Å². The number of esters is 1. The fraction of sp³-hybridized carbons (Fsp3) is 0.467. The molecule has 1 aromatic carbocycles. The predicted octanol–water partition coefficient (Wildman–Crippen LogP) is 2.79. The van der Waals surface area contributed by atoms with Gasteiger partial charge < -0.3 is 9.64 Å². The summed E-state index contributed by atoms with van der Waals surface area (Å²) < 4.78 is 5.89. The number of hydrogen-bond acceptors (Lipinski definition) is 3. The van der Waals surface area contributed by atoms with Crippen LogP contribution < -0.4 is 0 Å². The molecule has 0 saturated carbocycles. The van der Waals surface area contributed by atoms with Gasteiger partial charge >= 0.3 is 5.97 Å². The van der Waals surface area contributed by atoms with Crippen molar-refractivity contribution in [2.24, 2.45) is 0 Å². The molecule has 0 aromatic heterocycles. The van der Waals surface area contributed by atoms with Crippen LogP contribution >= 0.6 is 15.9 Å². The minimum Gasteiger partial charge on any atom is -0.464 e.